The molecule has 0 unspecified atom stereocenters. The maximum Gasteiger partial charge on any atom is 0.253 e. The quantitative estimate of drug-likeness (QED) is 0.703. The second kappa shape index (κ2) is 2.77. The SMILES string of the molecule is O=Cc1sc(C=O)c2c1CNC2=O. The molecule has 2 heterocycles. The minimum Gasteiger partial charge on any atom is -0.348 e. The number of fused-ring (bicyclic) bond motifs is 1. The zero-order chi connectivity index (χ0) is 9.42. The van der Waals surface area contributed by atoms with Gasteiger partial charge in [0.2, 0.25) is 0 Å². The molecular formula is C8H5NO3S. The van der Waals surface area contributed by atoms with E-state index in [1.54, 1.807) is 0 Å². The highest BCUT2D eigenvalue weighted by Gasteiger charge is 2.27. The average Bonchev–Trinajstić information content (AvgIpc) is 2.67. The summed E-state index contributed by atoms with van der Waals surface area (Å²) >= 11 is 1.07. The highest BCUT2D eigenvalue weighted by Crippen LogP contribution is 2.29. The van der Waals surface area contributed by atoms with Gasteiger partial charge in [0.25, 0.3) is 5.91 Å². The fourth-order valence-corrected chi connectivity index (χ4v) is 2.31. The number of amides is 1. The first kappa shape index (κ1) is 8.12. The van der Waals surface area contributed by atoms with Gasteiger partial charge in [-0.05, 0) is 0 Å². The molecule has 0 aliphatic carbocycles. The number of rotatable bonds is 2. The summed E-state index contributed by atoms with van der Waals surface area (Å²) < 4.78 is 0. The number of hydrogen-bond donors (Lipinski definition) is 1. The van der Waals surface area contributed by atoms with Crippen LogP contribution in [-0.2, 0) is 6.54 Å². The monoisotopic (exact) mass is 195 g/mol. The van der Waals surface area contributed by atoms with Crippen LogP contribution < -0.4 is 5.32 Å². The third-order valence-corrected chi connectivity index (χ3v) is 3.02. The molecule has 0 saturated carbocycles. The van der Waals surface area contributed by atoms with Crippen molar-refractivity contribution in [2.45, 2.75) is 6.54 Å². The first-order chi connectivity index (χ1) is 6.27. The molecular weight excluding hydrogens is 190 g/mol. The zero-order valence-corrected chi connectivity index (χ0v) is 7.31. The van der Waals surface area contributed by atoms with Gasteiger partial charge in [-0.25, -0.2) is 0 Å². The van der Waals surface area contributed by atoms with Crippen molar-refractivity contribution < 1.29 is 14.4 Å². The summed E-state index contributed by atoms with van der Waals surface area (Å²) in [6.07, 6.45) is 1.29. The number of aldehydes is 2. The molecule has 1 aromatic rings. The van der Waals surface area contributed by atoms with E-state index in [2.05, 4.69) is 5.32 Å². The molecule has 66 valence electrons. The van der Waals surface area contributed by atoms with E-state index in [1.807, 2.05) is 0 Å². The van der Waals surface area contributed by atoms with Crippen LogP contribution in [-0.4, -0.2) is 18.5 Å². The normalized spacial score (nSPS) is 13.7. The van der Waals surface area contributed by atoms with Crippen LogP contribution in [0.15, 0.2) is 0 Å². The van der Waals surface area contributed by atoms with Crippen molar-refractivity contribution in [2.75, 3.05) is 0 Å². The molecule has 2 rings (SSSR count). The van der Waals surface area contributed by atoms with Gasteiger partial charge < -0.3 is 5.32 Å². The summed E-state index contributed by atoms with van der Waals surface area (Å²) in [6, 6.07) is 0. The number of thiophene rings is 1. The Bertz CT molecular complexity index is 408. The van der Waals surface area contributed by atoms with Crippen molar-refractivity contribution in [3.05, 3.63) is 20.9 Å². The maximum absolute atomic E-state index is 11.2. The standard InChI is InChI=1S/C8H5NO3S/c10-2-5-4-1-9-8(12)7(4)6(3-11)13-5/h2-3H,1H2,(H,9,12). The summed E-state index contributed by atoms with van der Waals surface area (Å²) in [4.78, 5) is 33.1. The lowest BCUT2D eigenvalue weighted by atomic mass is 10.1. The average molecular weight is 195 g/mol. The molecule has 0 saturated heterocycles. The highest BCUT2D eigenvalue weighted by atomic mass is 32.1. The van der Waals surface area contributed by atoms with Crippen molar-refractivity contribution in [2.24, 2.45) is 0 Å². The fourth-order valence-electron chi connectivity index (χ4n) is 1.36. The van der Waals surface area contributed by atoms with Crippen LogP contribution in [0.3, 0.4) is 0 Å². The predicted octanol–water partition coefficient (Wildman–Crippen LogP) is 0.617. The molecule has 1 aromatic heterocycles. The Kier molecular flexibility index (Phi) is 1.73. The minimum atomic E-state index is -0.263. The van der Waals surface area contributed by atoms with Gasteiger partial charge in [0, 0.05) is 12.1 Å². The van der Waals surface area contributed by atoms with Crippen LogP contribution in [0.5, 0.6) is 0 Å². The Labute approximate surface area is 77.6 Å². The molecule has 0 atom stereocenters. The first-order valence-electron chi connectivity index (χ1n) is 3.62. The van der Waals surface area contributed by atoms with Gasteiger partial charge in [-0.2, -0.15) is 0 Å². The van der Waals surface area contributed by atoms with E-state index in [-0.39, 0.29) is 5.91 Å². The topological polar surface area (TPSA) is 63.2 Å². The molecule has 1 aliphatic rings. The van der Waals surface area contributed by atoms with Crippen molar-refractivity contribution in [3.8, 4) is 0 Å². The van der Waals surface area contributed by atoms with Crippen LogP contribution in [0.25, 0.3) is 0 Å². The Morgan fingerprint density at radius 1 is 1.23 bits per heavy atom. The first-order valence-corrected chi connectivity index (χ1v) is 4.43. The Balaban J connectivity index is 2.69. The predicted molar refractivity (Wildman–Crippen MR) is 46.3 cm³/mol. The van der Waals surface area contributed by atoms with Crippen LogP contribution in [0, 0.1) is 0 Å². The van der Waals surface area contributed by atoms with Gasteiger partial charge in [-0.15, -0.1) is 11.3 Å². The molecule has 1 amide bonds. The second-order valence-corrected chi connectivity index (χ2v) is 3.69. The van der Waals surface area contributed by atoms with Crippen LogP contribution >= 0.6 is 11.3 Å². The summed E-state index contributed by atoms with van der Waals surface area (Å²) in [6.45, 7) is 0.354. The van der Waals surface area contributed by atoms with E-state index in [0.29, 0.717) is 40.0 Å². The van der Waals surface area contributed by atoms with Crippen molar-refractivity contribution in [3.63, 3.8) is 0 Å². The van der Waals surface area contributed by atoms with Gasteiger partial charge in [-0.3, -0.25) is 14.4 Å². The molecule has 4 nitrogen and oxygen atoms in total. The van der Waals surface area contributed by atoms with Gasteiger partial charge in [0.05, 0.1) is 15.3 Å². The molecule has 0 bridgehead atoms. The molecule has 13 heavy (non-hydrogen) atoms. The van der Waals surface area contributed by atoms with E-state index in [1.165, 1.54) is 0 Å². The van der Waals surface area contributed by atoms with Crippen LogP contribution in [0.1, 0.15) is 35.3 Å². The van der Waals surface area contributed by atoms with Crippen molar-refractivity contribution in [1.82, 2.24) is 5.32 Å². The summed E-state index contributed by atoms with van der Waals surface area (Å²) in [5.41, 5.74) is 1.04. The number of carbonyl (C=O) groups excluding carboxylic acids is 3. The highest BCUT2D eigenvalue weighted by molar-refractivity contribution is 7.15. The van der Waals surface area contributed by atoms with Crippen molar-refractivity contribution >= 4 is 29.8 Å². The summed E-state index contributed by atoms with van der Waals surface area (Å²) in [7, 11) is 0. The van der Waals surface area contributed by atoms with Gasteiger partial charge in [-0.1, -0.05) is 0 Å². The van der Waals surface area contributed by atoms with Gasteiger partial charge >= 0.3 is 0 Å². The van der Waals surface area contributed by atoms with Gasteiger partial charge in [0.15, 0.2) is 12.6 Å². The van der Waals surface area contributed by atoms with E-state index in [9.17, 15) is 14.4 Å². The molecule has 1 aliphatic heterocycles. The molecule has 0 radical (unpaired) electrons. The molecule has 1 N–H and O–H groups in total. The summed E-state index contributed by atoms with van der Waals surface area (Å²) in [5.74, 6) is -0.263. The van der Waals surface area contributed by atoms with Gasteiger partial charge in [0.1, 0.15) is 0 Å². The van der Waals surface area contributed by atoms with Crippen molar-refractivity contribution in [1.29, 1.82) is 0 Å². The van der Waals surface area contributed by atoms with E-state index in [0.717, 1.165) is 11.3 Å². The van der Waals surface area contributed by atoms with Crippen LogP contribution in [0.2, 0.25) is 0 Å². The molecule has 5 heteroatoms. The number of carbonyl (C=O) groups is 3. The van der Waals surface area contributed by atoms with Crippen LogP contribution in [0.4, 0.5) is 0 Å². The number of hydrogen-bond acceptors (Lipinski definition) is 4. The fraction of sp³-hybridized carbons (Fsp3) is 0.125. The third-order valence-electron chi connectivity index (χ3n) is 1.93. The third kappa shape index (κ3) is 1.01. The molecule has 0 aromatic carbocycles. The Morgan fingerprint density at radius 3 is 2.54 bits per heavy atom. The Morgan fingerprint density at radius 2 is 1.92 bits per heavy atom. The largest absolute Gasteiger partial charge is 0.348 e. The maximum atomic E-state index is 11.2. The van der Waals surface area contributed by atoms with E-state index in [4.69, 9.17) is 0 Å². The lowest BCUT2D eigenvalue weighted by molar-refractivity contribution is 0.0961. The van der Waals surface area contributed by atoms with E-state index < -0.39 is 0 Å². The zero-order valence-electron chi connectivity index (χ0n) is 6.49. The molecule has 0 fully saturated rings. The lowest BCUT2D eigenvalue weighted by Gasteiger charge is -1.89. The summed E-state index contributed by atoms with van der Waals surface area (Å²) in [5, 5.41) is 2.56. The lowest BCUT2D eigenvalue weighted by Crippen LogP contribution is -2.13. The minimum absolute atomic E-state index is 0.263. The molecule has 0 spiro atoms. The number of nitrogens with one attached hydrogen (secondary N) is 1. The van der Waals surface area contributed by atoms with E-state index >= 15 is 0 Å². The smallest absolute Gasteiger partial charge is 0.253 e. The Hall–Kier alpha value is -1.49. The second-order valence-electron chi connectivity index (χ2n) is 2.60.